The topological polar surface area (TPSA) is 106 Å². The first kappa shape index (κ1) is 23.7. The number of hydrogen-bond donors (Lipinski definition) is 2. The monoisotopic (exact) mass is 484 g/mol. The number of rotatable bonds is 4. The molecule has 0 fully saturated rings. The largest absolute Gasteiger partial charge is 0.451 e. The zero-order valence-corrected chi connectivity index (χ0v) is 18.8. The normalized spacial score (nSPS) is 11.5. The molecule has 0 saturated carbocycles. The molecule has 2 amide bonds. The van der Waals surface area contributed by atoms with E-state index in [0.717, 1.165) is 22.2 Å². The number of Topliss-reactive ketones (excluding diaryl/α,β-unsaturated/α-hetero) is 1. The second kappa shape index (κ2) is 8.75. The van der Waals surface area contributed by atoms with Crippen LogP contribution in [-0.2, 0) is 11.0 Å². The Hall–Kier alpha value is -4.41. The number of benzene rings is 2. The molecule has 2 heterocycles. The number of aromatic nitrogens is 2. The van der Waals surface area contributed by atoms with Crippen LogP contribution in [0.15, 0.2) is 52.9 Å². The van der Waals surface area contributed by atoms with Crippen molar-refractivity contribution in [2.45, 2.75) is 26.9 Å². The van der Waals surface area contributed by atoms with Crippen molar-refractivity contribution >= 4 is 28.6 Å². The fourth-order valence-corrected chi connectivity index (χ4v) is 3.77. The van der Waals surface area contributed by atoms with Crippen LogP contribution in [0.4, 0.5) is 13.2 Å². The summed E-state index contributed by atoms with van der Waals surface area (Å²) in [4.78, 5) is 37.8. The van der Waals surface area contributed by atoms with Gasteiger partial charge < -0.3 is 4.42 Å². The van der Waals surface area contributed by atoms with E-state index in [1.165, 1.54) is 26.0 Å². The minimum Gasteiger partial charge on any atom is -0.451 e. The summed E-state index contributed by atoms with van der Waals surface area (Å²) in [5.74, 6) is -2.95. The summed E-state index contributed by atoms with van der Waals surface area (Å²) >= 11 is 0. The number of aryl methyl sites for hydroxylation is 2. The van der Waals surface area contributed by atoms with Crippen LogP contribution >= 0.6 is 0 Å². The summed E-state index contributed by atoms with van der Waals surface area (Å²) in [6.45, 7) is 4.59. The minimum atomic E-state index is -4.55. The molecule has 2 aromatic heterocycles. The summed E-state index contributed by atoms with van der Waals surface area (Å²) in [5, 5.41) is 4.86. The zero-order chi connectivity index (χ0) is 25.5. The summed E-state index contributed by atoms with van der Waals surface area (Å²) in [6.07, 6.45) is -4.55. The van der Waals surface area contributed by atoms with Crippen molar-refractivity contribution in [3.8, 4) is 5.69 Å². The second-order valence-corrected chi connectivity index (χ2v) is 7.80. The van der Waals surface area contributed by atoms with E-state index in [1.54, 1.807) is 31.2 Å². The van der Waals surface area contributed by atoms with E-state index in [1.807, 2.05) is 5.43 Å². The third-order valence-electron chi connectivity index (χ3n) is 5.48. The lowest BCUT2D eigenvalue weighted by Gasteiger charge is -2.10. The van der Waals surface area contributed by atoms with Gasteiger partial charge in [0.05, 0.1) is 28.2 Å². The van der Waals surface area contributed by atoms with E-state index < -0.39 is 29.3 Å². The first-order valence-corrected chi connectivity index (χ1v) is 10.4. The van der Waals surface area contributed by atoms with Crippen molar-refractivity contribution in [1.29, 1.82) is 0 Å². The maximum atomic E-state index is 13.1. The van der Waals surface area contributed by atoms with E-state index in [0.29, 0.717) is 11.1 Å². The van der Waals surface area contributed by atoms with Gasteiger partial charge in [0, 0.05) is 10.9 Å². The van der Waals surface area contributed by atoms with Crippen LogP contribution in [0.5, 0.6) is 0 Å². The SMILES string of the molecule is Cc1nn(-c2cccc(C(F)(F)F)c2)c(C)c1C(=O)C(=O)NNC(=O)c1oc2ccccc2c1C. The first-order chi connectivity index (χ1) is 16.5. The van der Waals surface area contributed by atoms with Crippen LogP contribution in [-0.4, -0.2) is 27.4 Å². The minimum absolute atomic E-state index is 0.0244. The third kappa shape index (κ3) is 4.39. The van der Waals surface area contributed by atoms with Gasteiger partial charge in [-0.15, -0.1) is 0 Å². The number of alkyl halides is 3. The lowest BCUT2D eigenvalue weighted by Crippen LogP contribution is -2.45. The maximum absolute atomic E-state index is 13.1. The van der Waals surface area contributed by atoms with Crippen LogP contribution in [0.1, 0.15) is 43.4 Å². The molecule has 2 N–H and O–H groups in total. The number of amides is 2. The van der Waals surface area contributed by atoms with Gasteiger partial charge in [-0.3, -0.25) is 25.2 Å². The van der Waals surface area contributed by atoms with E-state index in [4.69, 9.17) is 4.42 Å². The Labute approximate surface area is 196 Å². The molecule has 0 aliphatic carbocycles. The number of nitrogens with zero attached hydrogens (tertiary/aromatic N) is 2. The molecule has 4 rings (SSSR count). The number of hydrogen-bond acceptors (Lipinski definition) is 5. The average molecular weight is 484 g/mol. The Kier molecular flexibility index (Phi) is 5.93. The lowest BCUT2D eigenvalue weighted by molar-refractivity contribution is -0.137. The molecule has 0 aliphatic rings. The van der Waals surface area contributed by atoms with Gasteiger partial charge in [0.15, 0.2) is 5.76 Å². The quantitative estimate of drug-likeness (QED) is 0.257. The van der Waals surface area contributed by atoms with Crippen molar-refractivity contribution in [2.24, 2.45) is 0 Å². The highest BCUT2D eigenvalue weighted by atomic mass is 19.4. The van der Waals surface area contributed by atoms with Gasteiger partial charge in [-0.2, -0.15) is 18.3 Å². The summed E-state index contributed by atoms with van der Waals surface area (Å²) in [7, 11) is 0. The third-order valence-corrected chi connectivity index (χ3v) is 5.48. The van der Waals surface area contributed by atoms with Crippen LogP contribution in [0, 0.1) is 20.8 Å². The van der Waals surface area contributed by atoms with Gasteiger partial charge in [0.25, 0.3) is 5.78 Å². The molecule has 8 nitrogen and oxygen atoms in total. The molecule has 0 atom stereocenters. The molecule has 0 radical (unpaired) electrons. The van der Waals surface area contributed by atoms with Gasteiger partial charge in [-0.05, 0) is 45.0 Å². The van der Waals surface area contributed by atoms with Gasteiger partial charge in [0.2, 0.25) is 0 Å². The molecule has 0 aliphatic heterocycles. The summed E-state index contributed by atoms with van der Waals surface area (Å²) < 4.78 is 45.9. The molecule has 35 heavy (non-hydrogen) atoms. The van der Waals surface area contributed by atoms with Crippen molar-refractivity contribution in [2.75, 3.05) is 0 Å². The molecule has 0 spiro atoms. The fourth-order valence-electron chi connectivity index (χ4n) is 3.77. The maximum Gasteiger partial charge on any atom is 0.416 e. The van der Waals surface area contributed by atoms with Crippen molar-refractivity contribution < 1.29 is 32.0 Å². The molecular formula is C24H19F3N4O4. The highest BCUT2D eigenvalue weighted by Gasteiger charge is 2.31. The molecular weight excluding hydrogens is 465 g/mol. The van der Waals surface area contributed by atoms with Crippen molar-refractivity contribution in [3.63, 3.8) is 0 Å². The molecule has 180 valence electrons. The predicted molar refractivity (Wildman–Crippen MR) is 119 cm³/mol. The Bertz CT molecular complexity index is 1480. The molecule has 4 aromatic rings. The molecule has 2 aromatic carbocycles. The van der Waals surface area contributed by atoms with Gasteiger partial charge in [-0.25, -0.2) is 4.68 Å². The Balaban J connectivity index is 1.53. The second-order valence-electron chi connectivity index (χ2n) is 7.80. The number of para-hydroxylation sites is 1. The lowest BCUT2D eigenvalue weighted by atomic mass is 10.1. The number of ketones is 1. The van der Waals surface area contributed by atoms with Crippen LogP contribution in [0.25, 0.3) is 16.7 Å². The Morgan fingerprint density at radius 2 is 1.69 bits per heavy atom. The number of nitrogens with one attached hydrogen (secondary N) is 2. The number of carbonyl (C=O) groups is 3. The van der Waals surface area contributed by atoms with Gasteiger partial charge >= 0.3 is 18.0 Å². The van der Waals surface area contributed by atoms with Gasteiger partial charge in [-0.1, -0.05) is 24.3 Å². The van der Waals surface area contributed by atoms with E-state index in [2.05, 4.69) is 10.5 Å². The summed E-state index contributed by atoms with van der Waals surface area (Å²) in [6, 6.07) is 11.4. The van der Waals surface area contributed by atoms with Crippen molar-refractivity contribution in [1.82, 2.24) is 20.6 Å². The fraction of sp³-hybridized carbons (Fsp3) is 0.167. The molecule has 11 heteroatoms. The van der Waals surface area contributed by atoms with Crippen LogP contribution < -0.4 is 10.9 Å². The zero-order valence-electron chi connectivity index (χ0n) is 18.8. The highest BCUT2D eigenvalue weighted by Crippen LogP contribution is 2.31. The molecule has 0 unspecified atom stereocenters. The van der Waals surface area contributed by atoms with E-state index in [9.17, 15) is 27.6 Å². The number of furan rings is 1. The first-order valence-electron chi connectivity index (χ1n) is 10.4. The standard InChI is InChI=1S/C24H19F3N4O4/c1-12-17-9-4-5-10-18(17)35-21(12)23(34)29-28-22(33)20(32)19-13(2)30-31(14(19)3)16-8-6-7-15(11-16)24(25,26)27/h4-11H,1-3H3,(H,28,33)(H,29,34). The predicted octanol–water partition coefficient (Wildman–Crippen LogP) is 4.21. The number of halogens is 3. The van der Waals surface area contributed by atoms with Crippen LogP contribution in [0.3, 0.4) is 0 Å². The molecule has 0 saturated heterocycles. The average Bonchev–Trinajstić information content (AvgIpc) is 3.32. The number of hydrazine groups is 1. The van der Waals surface area contributed by atoms with Crippen LogP contribution in [0.2, 0.25) is 0 Å². The van der Waals surface area contributed by atoms with E-state index >= 15 is 0 Å². The van der Waals surface area contributed by atoms with Crippen molar-refractivity contribution in [3.05, 3.63) is 82.4 Å². The Morgan fingerprint density at radius 3 is 2.37 bits per heavy atom. The Morgan fingerprint density at radius 1 is 0.971 bits per heavy atom. The van der Waals surface area contributed by atoms with Gasteiger partial charge in [0.1, 0.15) is 5.58 Å². The smallest absolute Gasteiger partial charge is 0.416 e. The summed E-state index contributed by atoms with van der Waals surface area (Å²) in [5.41, 5.74) is 4.67. The number of carbonyl (C=O) groups excluding carboxylic acids is 3. The highest BCUT2D eigenvalue weighted by molar-refractivity contribution is 6.43. The number of fused-ring (bicyclic) bond motifs is 1. The molecule has 0 bridgehead atoms. The van der Waals surface area contributed by atoms with E-state index in [-0.39, 0.29) is 28.4 Å².